The van der Waals surface area contributed by atoms with Crippen LogP contribution in [0.2, 0.25) is 0 Å². The molecule has 0 spiro atoms. The van der Waals surface area contributed by atoms with E-state index in [4.69, 9.17) is 0 Å². The summed E-state index contributed by atoms with van der Waals surface area (Å²) in [6.07, 6.45) is 4.18. The minimum absolute atomic E-state index is 0.830. The van der Waals surface area contributed by atoms with Crippen LogP contribution >= 0.6 is 27.3 Å². The number of rotatable bonds is 3. The summed E-state index contributed by atoms with van der Waals surface area (Å²) < 4.78 is 1.28. The van der Waals surface area contributed by atoms with Gasteiger partial charge in [-0.15, -0.1) is 11.3 Å². The second-order valence-corrected chi connectivity index (χ2v) is 6.97. The van der Waals surface area contributed by atoms with Crippen molar-refractivity contribution >= 4 is 27.3 Å². The van der Waals surface area contributed by atoms with Gasteiger partial charge in [0, 0.05) is 35.0 Å². The van der Waals surface area contributed by atoms with Crippen LogP contribution in [0.4, 0.5) is 0 Å². The second-order valence-electron chi connectivity index (χ2n) is 5.11. The third-order valence-electron chi connectivity index (χ3n) is 3.96. The normalized spacial score (nSPS) is 27.0. The van der Waals surface area contributed by atoms with Crippen molar-refractivity contribution in [3.63, 3.8) is 0 Å². The van der Waals surface area contributed by atoms with Crippen molar-refractivity contribution < 1.29 is 0 Å². The molecule has 0 aromatic carbocycles. The minimum Gasteiger partial charge on any atom is -0.299 e. The van der Waals surface area contributed by atoms with E-state index in [1.54, 1.807) is 0 Å². The first kappa shape index (κ1) is 12.2. The van der Waals surface area contributed by atoms with Gasteiger partial charge in [0.2, 0.25) is 0 Å². The maximum atomic E-state index is 3.63. The predicted molar refractivity (Wildman–Crippen MR) is 76.5 cm³/mol. The van der Waals surface area contributed by atoms with Crippen molar-refractivity contribution in [1.29, 1.82) is 0 Å². The molecule has 94 valence electrons. The van der Waals surface area contributed by atoms with Crippen LogP contribution in [0, 0.1) is 0 Å². The van der Waals surface area contributed by atoms with Crippen LogP contribution in [0.25, 0.3) is 0 Å². The van der Waals surface area contributed by atoms with Gasteiger partial charge in [-0.3, -0.25) is 9.80 Å². The highest BCUT2D eigenvalue weighted by Crippen LogP contribution is 2.27. The Morgan fingerprint density at radius 3 is 2.82 bits per heavy atom. The third-order valence-corrected chi connectivity index (χ3v) is 5.87. The van der Waals surface area contributed by atoms with Gasteiger partial charge < -0.3 is 0 Å². The van der Waals surface area contributed by atoms with Crippen LogP contribution in [0.1, 0.15) is 24.1 Å². The highest BCUT2D eigenvalue weighted by molar-refractivity contribution is 9.10. The van der Waals surface area contributed by atoms with Gasteiger partial charge in [-0.2, -0.15) is 0 Å². The molecule has 0 N–H and O–H groups in total. The van der Waals surface area contributed by atoms with Crippen molar-refractivity contribution in [2.45, 2.75) is 31.8 Å². The van der Waals surface area contributed by atoms with E-state index in [-0.39, 0.29) is 0 Å². The lowest BCUT2D eigenvalue weighted by Crippen LogP contribution is -2.35. The molecule has 17 heavy (non-hydrogen) atoms. The minimum atomic E-state index is 0.830. The molecule has 0 saturated carbocycles. The molecule has 2 fully saturated rings. The van der Waals surface area contributed by atoms with Gasteiger partial charge in [0.15, 0.2) is 0 Å². The van der Waals surface area contributed by atoms with E-state index < -0.39 is 0 Å². The number of nitrogens with zero attached hydrogens (tertiary/aromatic N) is 2. The van der Waals surface area contributed by atoms with Crippen LogP contribution in [-0.2, 0) is 6.54 Å². The smallest absolute Gasteiger partial charge is 0.0339 e. The molecule has 2 saturated heterocycles. The molecular weight excluding hydrogens is 296 g/mol. The zero-order chi connectivity index (χ0) is 11.7. The standard InChI is InChI=1S/C13H19BrN2S/c14-12-4-8-17-13(12)10-15-7-3-11(9-15)16-5-1-2-6-16/h4,8,11H,1-3,5-7,9-10H2. The summed E-state index contributed by atoms with van der Waals surface area (Å²) in [5, 5.41) is 2.17. The molecule has 1 aromatic heterocycles. The van der Waals surface area contributed by atoms with Crippen molar-refractivity contribution in [2.24, 2.45) is 0 Å². The lowest BCUT2D eigenvalue weighted by molar-refractivity contribution is 0.230. The van der Waals surface area contributed by atoms with Gasteiger partial charge in [0.05, 0.1) is 0 Å². The molecule has 1 atom stereocenters. The largest absolute Gasteiger partial charge is 0.299 e. The van der Waals surface area contributed by atoms with Gasteiger partial charge in [-0.05, 0) is 59.7 Å². The Bertz CT molecular complexity index is 373. The third kappa shape index (κ3) is 2.75. The van der Waals surface area contributed by atoms with Crippen LogP contribution in [0.5, 0.6) is 0 Å². The average molecular weight is 315 g/mol. The van der Waals surface area contributed by atoms with Crippen LogP contribution < -0.4 is 0 Å². The lowest BCUT2D eigenvalue weighted by Gasteiger charge is -2.23. The SMILES string of the molecule is Brc1ccsc1CN1CCC(N2CCCC2)C1. The molecular formula is C13H19BrN2S. The van der Waals surface area contributed by atoms with E-state index in [1.165, 1.54) is 54.8 Å². The molecule has 1 aromatic rings. The molecule has 2 aliphatic heterocycles. The topological polar surface area (TPSA) is 6.48 Å². The summed E-state index contributed by atoms with van der Waals surface area (Å²) in [6.45, 7) is 6.33. The number of halogens is 1. The highest BCUT2D eigenvalue weighted by atomic mass is 79.9. The fraction of sp³-hybridized carbons (Fsp3) is 0.692. The Balaban J connectivity index is 1.55. The second kappa shape index (κ2) is 5.39. The van der Waals surface area contributed by atoms with E-state index in [0.717, 1.165) is 12.6 Å². The Morgan fingerprint density at radius 2 is 2.12 bits per heavy atom. The monoisotopic (exact) mass is 314 g/mol. The summed E-state index contributed by atoms with van der Waals surface area (Å²) in [4.78, 5) is 6.79. The van der Waals surface area contributed by atoms with E-state index in [2.05, 4.69) is 37.2 Å². The van der Waals surface area contributed by atoms with Crippen LogP contribution in [0.15, 0.2) is 15.9 Å². The predicted octanol–water partition coefficient (Wildman–Crippen LogP) is 3.18. The van der Waals surface area contributed by atoms with E-state index >= 15 is 0 Å². The molecule has 0 amide bonds. The Kier molecular flexibility index (Phi) is 3.85. The number of hydrogen-bond donors (Lipinski definition) is 0. The maximum absolute atomic E-state index is 3.63. The van der Waals surface area contributed by atoms with Gasteiger partial charge in [0.1, 0.15) is 0 Å². The highest BCUT2D eigenvalue weighted by Gasteiger charge is 2.29. The van der Waals surface area contributed by atoms with Crippen molar-refractivity contribution in [2.75, 3.05) is 26.2 Å². The maximum Gasteiger partial charge on any atom is 0.0339 e. The average Bonchev–Trinajstić information content (AvgIpc) is 3.02. The quantitative estimate of drug-likeness (QED) is 0.845. The zero-order valence-corrected chi connectivity index (χ0v) is 12.5. The summed E-state index contributed by atoms with van der Waals surface area (Å²) in [5.41, 5.74) is 0. The Morgan fingerprint density at radius 1 is 1.29 bits per heavy atom. The summed E-state index contributed by atoms with van der Waals surface area (Å²) in [6, 6.07) is 2.99. The van der Waals surface area contributed by atoms with E-state index in [0.29, 0.717) is 0 Å². The Labute approximate surface area is 116 Å². The molecule has 0 bridgehead atoms. The summed E-state index contributed by atoms with van der Waals surface area (Å²) in [5.74, 6) is 0. The first-order chi connectivity index (χ1) is 8.33. The fourth-order valence-electron chi connectivity index (χ4n) is 3.00. The number of likely N-dealkylation sites (tertiary alicyclic amines) is 2. The number of thiophene rings is 1. The van der Waals surface area contributed by atoms with E-state index in [1.807, 2.05) is 11.3 Å². The van der Waals surface area contributed by atoms with Gasteiger partial charge in [-0.1, -0.05) is 0 Å². The molecule has 2 aliphatic rings. The fourth-order valence-corrected chi connectivity index (χ4v) is 4.52. The molecule has 3 rings (SSSR count). The van der Waals surface area contributed by atoms with Crippen molar-refractivity contribution in [3.05, 3.63) is 20.8 Å². The summed E-state index contributed by atoms with van der Waals surface area (Å²) >= 11 is 5.50. The molecule has 0 radical (unpaired) electrons. The molecule has 1 unspecified atom stereocenters. The zero-order valence-electron chi connectivity index (χ0n) is 10.1. The van der Waals surface area contributed by atoms with Gasteiger partial charge in [-0.25, -0.2) is 0 Å². The van der Waals surface area contributed by atoms with Gasteiger partial charge in [0.25, 0.3) is 0 Å². The van der Waals surface area contributed by atoms with Crippen molar-refractivity contribution in [1.82, 2.24) is 9.80 Å². The molecule has 3 heterocycles. The van der Waals surface area contributed by atoms with Crippen LogP contribution in [0.3, 0.4) is 0 Å². The van der Waals surface area contributed by atoms with Crippen LogP contribution in [-0.4, -0.2) is 42.0 Å². The van der Waals surface area contributed by atoms with E-state index in [9.17, 15) is 0 Å². The lowest BCUT2D eigenvalue weighted by atomic mass is 10.2. The van der Waals surface area contributed by atoms with Crippen molar-refractivity contribution in [3.8, 4) is 0 Å². The Hall–Kier alpha value is 0.1000. The van der Waals surface area contributed by atoms with Gasteiger partial charge >= 0.3 is 0 Å². The molecule has 4 heteroatoms. The first-order valence-electron chi connectivity index (χ1n) is 6.51. The number of hydrogen-bond acceptors (Lipinski definition) is 3. The summed E-state index contributed by atoms with van der Waals surface area (Å²) in [7, 11) is 0. The first-order valence-corrected chi connectivity index (χ1v) is 8.18. The molecule has 2 nitrogen and oxygen atoms in total. The molecule has 0 aliphatic carbocycles.